The molecule has 0 spiro atoms. The molecule has 3 N–H and O–H groups in total. The average Bonchev–Trinajstić information content (AvgIpc) is 2.87. The van der Waals surface area contributed by atoms with Gasteiger partial charge in [0.25, 0.3) is 0 Å². The number of aliphatic hydroxyl groups is 1. The van der Waals surface area contributed by atoms with Crippen molar-refractivity contribution in [1.29, 1.82) is 0 Å². The zero-order valence-corrected chi connectivity index (χ0v) is 20.8. The molecule has 2 aliphatic rings. The number of hydrogen-bond donors (Lipinski definition) is 3. The summed E-state index contributed by atoms with van der Waals surface area (Å²) in [6.07, 6.45) is 2.14. The molecule has 2 aliphatic heterocycles. The average molecular weight is 472 g/mol. The van der Waals surface area contributed by atoms with E-state index >= 15 is 0 Å². The van der Waals surface area contributed by atoms with Crippen LogP contribution in [-0.2, 0) is 10.8 Å². The maximum atomic E-state index is 9.19. The third-order valence-electron chi connectivity index (χ3n) is 7.86. The Labute approximate surface area is 208 Å². The molecule has 5 heteroatoms. The smallest absolute Gasteiger partial charge is 0.170 e. The van der Waals surface area contributed by atoms with Crippen LogP contribution in [0.2, 0.25) is 0 Å². The van der Waals surface area contributed by atoms with Gasteiger partial charge in [0.1, 0.15) is 0 Å². The number of hydrogen-bond acceptors (Lipinski definition) is 3. The van der Waals surface area contributed by atoms with Crippen LogP contribution in [0.3, 0.4) is 0 Å². The largest absolute Gasteiger partial charge is 0.395 e. The Hall–Kier alpha value is -2.89. The minimum absolute atomic E-state index is 0.0460. The molecular weight excluding hydrogens is 438 g/mol. The maximum absolute atomic E-state index is 9.19. The van der Waals surface area contributed by atoms with E-state index in [1.807, 2.05) is 0 Å². The van der Waals surface area contributed by atoms with Gasteiger partial charge < -0.3 is 20.6 Å². The zero-order chi connectivity index (χ0) is 23.8. The fraction of sp³-hybridized carbons (Fsp3) is 0.345. The Kier molecular flexibility index (Phi) is 6.09. The topological polar surface area (TPSA) is 47.5 Å². The van der Waals surface area contributed by atoms with E-state index in [2.05, 4.69) is 102 Å². The molecule has 0 saturated heterocycles. The van der Waals surface area contributed by atoms with Crippen molar-refractivity contribution in [2.45, 2.75) is 37.5 Å². The van der Waals surface area contributed by atoms with Crippen LogP contribution in [0.4, 0.5) is 11.4 Å². The number of nitrogens with zero attached hydrogens (tertiary/aromatic N) is 1. The van der Waals surface area contributed by atoms with Crippen LogP contribution in [0.1, 0.15) is 48.9 Å². The summed E-state index contributed by atoms with van der Waals surface area (Å²) in [5, 5.41) is 16.2. The summed E-state index contributed by atoms with van der Waals surface area (Å²) in [6, 6.07) is 26.4. The van der Waals surface area contributed by atoms with Crippen LogP contribution in [-0.4, -0.2) is 36.5 Å². The molecular formula is C29H33N3OS. The summed E-state index contributed by atoms with van der Waals surface area (Å²) in [4.78, 5) is 2.59. The van der Waals surface area contributed by atoms with Gasteiger partial charge in [0.15, 0.2) is 5.11 Å². The van der Waals surface area contributed by atoms with Crippen molar-refractivity contribution >= 4 is 28.7 Å². The minimum Gasteiger partial charge on any atom is -0.395 e. The normalized spacial score (nSPS) is 23.2. The molecule has 0 radical (unpaired) electrons. The quantitative estimate of drug-likeness (QED) is 0.447. The third-order valence-corrected chi connectivity index (χ3v) is 8.10. The molecule has 0 amide bonds. The van der Waals surface area contributed by atoms with Gasteiger partial charge in [0, 0.05) is 41.8 Å². The second-order valence-corrected chi connectivity index (χ2v) is 10.3. The maximum Gasteiger partial charge on any atom is 0.170 e. The molecule has 2 atom stereocenters. The van der Waals surface area contributed by atoms with Crippen LogP contribution >= 0.6 is 12.2 Å². The highest BCUT2D eigenvalue weighted by atomic mass is 32.1. The molecule has 3 aromatic rings. The molecule has 0 saturated carbocycles. The highest BCUT2D eigenvalue weighted by Gasteiger charge is 2.44. The summed E-state index contributed by atoms with van der Waals surface area (Å²) in [5.74, 6) is 0. The lowest BCUT2D eigenvalue weighted by Gasteiger charge is -2.50. The number of anilines is 2. The van der Waals surface area contributed by atoms with E-state index in [0.717, 1.165) is 31.6 Å². The molecule has 3 aromatic carbocycles. The number of benzene rings is 3. The van der Waals surface area contributed by atoms with Crippen molar-refractivity contribution in [3.8, 4) is 0 Å². The van der Waals surface area contributed by atoms with Gasteiger partial charge in [-0.3, -0.25) is 0 Å². The molecule has 0 aliphatic carbocycles. The number of aliphatic hydroxyl groups excluding tert-OH is 1. The lowest BCUT2D eigenvalue weighted by atomic mass is 9.64. The van der Waals surface area contributed by atoms with E-state index in [4.69, 9.17) is 12.2 Å². The van der Waals surface area contributed by atoms with E-state index in [1.165, 1.54) is 27.9 Å². The Balaban J connectivity index is 1.71. The SMILES string of the molecule is CC1(c2ccccc2)CCN2CCC(C)(c3ccccc3)c3cc(NC(=S)NCCO)cc1c32. The molecule has 34 heavy (non-hydrogen) atoms. The van der Waals surface area contributed by atoms with Crippen LogP contribution in [0, 0.1) is 0 Å². The van der Waals surface area contributed by atoms with Gasteiger partial charge in [-0.2, -0.15) is 0 Å². The van der Waals surface area contributed by atoms with Crippen molar-refractivity contribution in [1.82, 2.24) is 5.32 Å². The first-order chi connectivity index (χ1) is 16.5. The van der Waals surface area contributed by atoms with E-state index in [0.29, 0.717) is 11.7 Å². The summed E-state index contributed by atoms with van der Waals surface area (Å²) in [6.45, 7) is 7.36. The Bertz CT molecular complexity index is 1100. The fourth-order valence-corrected chi connectivity index (χ4v) is 5.99. The van der Waals surface area contributed by atoms with Gasteiger partial charge in [-0.05, 0) is 59.4 Å². The highest BCUT2D eigenvalue weighted by Crippen LogP contribution is 2.54. The van der Waals surface area contributed by atoms with E-state index < -0.39 is 0 Å². The van der Waals surface area contributed by atoms with E-state index in [9.17, 15) is 5.11 Å². The number of nitrogens with one attached hydrogen (secondary N) is 2. The van der Waals surface area contributed by atoms with Crippen LogP contribution < -0.4 is 15.5 Å². The standard InChI is InChI=1S/C29H33N3OS/c1-28(21-9-5-3-6-10-21)13-16-32-17-14-29(2,22-11-7-4-8-12-22)25-20-23(19-24(28)26(25)32)31-27(34)30-15-18-33/h3-12,19-20,33H,13-18H2,1-2H3,(H2,30,31,34). The third kappa shape index (κ3) is 3.87. The van der Waals surface area contributed by atoms with Crippen LogP contribution in [0.25, 0.3) is 0 Å². The number of thiocarbonyl (C=S) groups is 1. The minimum atomic E-state index is -0.0887. The van der Waals surface area contributed by atoms with Gasteiger partial charge >= 0.3 is 0 Å². The second-order valence-electron chi connectivity index (χ2n) is 9.91. The molecule has 2 unspecified atom stereocenters. The van der Waals surface area contributed by atoms with Crippen molar-refractivity contribution < 1.29 is 5.11 Å². The van der Waals surface area contributed by atoms with Crippen molar-refractivity contribution in [2.24, 2.45) is 0 Å². The van der Waals surface area contributed by atoms with Crippen LogP contribution in [0.15, 0.2) is 72.8 Å². The summed E-state index contributed by atoms with van der Waals surface area (Å²) in [5.41, 5.74) is 7.62. The van der Waals surface area contributed by atoms with E-state index in [1.54, 1.807) is 0 Å². The van der Waals surface area contributed by atoms with Gasteiger partial charge in [-0.25, -0.2) is 0 Å². The predicted molar refractivity (Wildman–Crippen MR) is 145 cm³/mol. The second kappa shape index (κ2) is 9.05. The lowest BCUT2D eigenvalue weighted by Crippen LogP contribution is -2.47. The molecule has 5 rings (SSSR count). The zero-order valence-electron chi connectivity index (χ0n) is 20.0. The highest BCUT2D eigenvalue weighted by molar-refractivity contribution is 7.80. The Morgan fingerprint density at radius 3 is 1.85 bits per heavy atom. The Morgan fingerprint density at radius 1 is 0.882 bits per heavy atom. The fourth-order valence-electron chi connectivity index (χ4n) is 5.77. The van der Waals surface area contributed by atoms with Gasteiger partial charge in [0.05, 0.1) is 6.61 Å². The van der Waals surface area contributed by atoms with Crippen molar-refractivity contribution in [3.63, 3.8) is 0 Å². The van der Waals surface area contributed by atoms with Crippen LogP contribution in [0.5, 0.6) is 0 Å². The molecule has 4 nitrogen and oxygen atoms in total. The van der Waals surface area contributed by atoms with Crippen molar-refractivity contribution in [2.75, 3.05) is 36.5 Å². The van der Waals surface area contributed by atoms with E-state index in [-0.39, 0.29) is 17.4 Å². The summed E-state index contributed by atoms with van der Waals surface area (Å²) < 4.78 is 0. The van der Waals surface area contributed by atoms with Gasteiger partial charge in [0.2, 0.25) is 0 Å². The van der Waals surface area contributed by atoms with Crippen molar-refractivity contribution in [3.05, 3.63) is 95.1 Å². The molecule has 2 heterocycles. The van der Waals surface area contributed by atoms with Gasteiger partial charge in [-0.15, -0.1) is 0 Å². The molecule has 0 bridgehead atoms. The first-order valence-corrected chi connectivity index (χ1v) is 12.6. The Morgan fingerprint density at radius 2 is 1.38 bits per heavy atom. The first kappa shape index (κ1) is 22.9. The van der Waals surface area contributed by atoms with Gasteiger partial charge in [-0.1, -0.05) is 74.5 Å². The molecule has 0 aromatic heterocycles. The lowest BCUT2D eigenvalue weighted by molar-refractivity contribution is 0.301. The number of rotatable bonds is 5. The molecule has 0 fully saturated rings. The molecule has 176 valence electrons. The monoisotopic (exact) mass is 471 g/mol. The first-order valence-electron chi connectivity index (χ1n) is 12.2. The predicted octanol–water partition coefficient (Wildman–Crippen LogP) is 5.19. The summed E-state index contributed by atoms with van der Waals surface area (Å²) in [7, 11) is 0. The summed E-state index contributed by atoms with van der Waals surface area (Å²) >= 11 is 5.53.